The van der Waals surface area contributed by atoms with Crippen LogP contribution in [0.25, 0.3) is 10.7 Å². The molecule has 0 aliphatic carbocycles. The number of hydrogen-bond donors (Lipinski definition) is 2. The molecule has 0 saturated heterocycles. The predicted molar refractivity (Wildman–Crippen MR) is 43.2 cm³/mol. The van der Waals surface area contributed by atoms with Crippen LogP contribution >= 0.6 is 11.3 Å². The summed E-state index contributed by atoms with van der Waals surface area (Å²) in [5.41, 5.74) is 6.08. The van der Waals surface area contributed by atoms with Gasteiger partial charge in [-0.2, -0.15) is 15.4 Å². The van der Waals surface area contributed by atoms with Crippen molar-refractivity contribution < 1.29 is 0 Å². The largest absolute Gasteiger partial charge is 0.324 e. The van der Waals surface area contributed by atoms with E-state index >= 15 is 0 Å². The first-order valence-corrected chi connectivity index (χ1v) is 4.10. The highest BCUT2D eigenvalue weighted by Crippen LogP contribution is 2.19. The Bertz CT molecular complexity index is 352. The van der Waals surface area contributed by atoms with Gasteiger partial charge in [0.1, 0.15) is 10.7 Å². The van der Waals surface area contributed by atoms with Gasteiger partial charge in [-0.25, -0.2) is 0 Å². The first kappa shape index (κ1) is 7.32. The fraction of sp³-hybridized carbons (Fsp3) is 0.200. The van der Waals surface area contributed by atoms with Crippen LogP contribution in [0.3, 0.4) is 0 Å². The predicted octanol–water partition coefficient (Wildman–Crippen LogP) is -0.218. The summed E-state index contributed by atoms with van der Waals surface area (Å²) in [6.07, 6.45) is 1.60. The van der Waals surface area contributed by atoms with Crippen LogP contribution in [0.5, 0.6) is 0 Å². The van der Waals surface area contributed by atoms with Crippen molar-refractivity contribution in [2.24, 2.45) is 5.73 Å². The monoisotopic (exact) mass is 182 g/mol. The molecule has 7 heteroatoms. The molecule has 0 bridgehead atoms. The molecule has 0 aliphatic heterocycles. The van der Waals surface area contributed by atoms with Crippen LogP contribution in [-0.2, 0) is 6.54 Å². The van der Waals surface area contributed by atoms with Crippen molar-refractivity contribution in [2.75, 3.05) is 0 Å². The summed E-state index contributed by atoms with van der Waals surface area (Å²) in [5, 5.41) is 19.3. The fourth-order valence-corrected chi connectivity index (χ4v) is 1.42. The van der Waals surface area contributed by atoms with E-state index in [0.29, 0.717) is 12.2 Å². The molecule has 0 spiro atoms. The highest BCUT2D eigenvalue weighted by atomic mass is 32.1. The molecule has 2 aromatic heterocycles. The zero-order chi connectivity index (χ0) is 8.39. The topological polar surface area (TPSA) is 93.4 Å². The summed E-state index contributed by atoms with van der Waals surface area (Å²) in [4.78, 5) is 0. The highest BCUT2D eigenvalue weighted by molar-refractivity contribution is 7.14. The summed E-state index contributed by atoms with van der Waals surface area (Å²) in [6.45, 7) is 0.412. The molecule has 0 radical (unpaired) electrons. The van der Waals surface area contributed by atoms with Crippen molar-refractivity contribution in [3.63, 3.8) is 0 Å². The zero-order valence-corrected chi connectivity index (χ0v) is 6.88. The number of nitrogens with two attached hydrogens (primary N) is 1. The minimum Gasteiger partial charge on any atom is -0.324 e. The first-order valence-electron chi connectivity index (χ1n) is 3.28. The van der Waals surface area contributed by atoms with Crippen molar-refractivity contribution in [1.29, 1.82) is 0 Å². The molecule has 12 heavy (non-hydrogen) atoms. The van der Waals surface area contributed by atoms with E-state index in [1.54, 1.807) is 6.20 Å². The van der Waals surface area contributed by atoms with Crippen LogP contribution in [0.2, 0.25) is 0 Å². The van der Waals surface area contributed by atoms with Crippen LogP contribution in [-0.4, -0.2) is 25.6 Å². The molecule has 0 aliphatic rings. The Kier molecular flexibility index (Phi) is 1.80. The standard InChI is InChI=1S/C5H6N6S/c6-1-4-9-10-5(12-4)3-2-7-11-8-3/h2H,1,6H2,(H,7,8,11). The number of H-pyrrole nitrogens is 1. The van der Waals surface area contributed by atoms with E-state index in [2.05, 4.69) is 25.6 Å². The number of aromatic amines is 1. The smallest absolute Gasteiger partial charge is 0.169 e. The van der Waals surface area contributed by atoms with Gasteiger partial charge < -0.3 is 5.73 Å². The lowest BCUT2D eigenvalue weighted by molar-refractivity contribution is 0.935. The SMILES string of the molecule is NCc1nnc(-c2cn[nH]n2)s1. The van der Waals surface area contributed by atoms with Gasteiger partial charge in [-0.3, -0.25) is 0 Å². The van der Waals surface area contributed by atoms with E-state index in [1.807, 2.05) is 0 Å². The molecular weight excluding hydrogens is 176 g/mol. The molecule has 0 aromatic carbocycles. The van der Waals surface area contributed by atoms with Gasteiger partial charge in [-0.1, -0.05) is 11.3 Å². The van der Waals surface area contributed by atoms with Gasteiger partial charge in [0.15, 0.2) is 5.01 Å². The quantitative estimate of drug-likeness (QED) is 0.669. The van der Waals surface area contributed by atoms with E-state index in [1.165, 1.54) is 11.3 Å². The maximum absolute atomic E-state index is 5.38. The Hall–Kier alpha value is -1.34. The Labute approximate surface area is 71.8 Å². The number of hydrogen-bond acceptors (Lipinski definition) is 6. The minimum absolute atomic E-state index is 0.412. The Balaban J connectivity index is 2.35. The summed E-state index contributed by atoms with van der Waals surface area (Å²) in [6, 6.07) is 0. The van der Waals surface area contributed by atoms with Crippen molar-refractivity contribution >= 4 is 11.3 Å². The molecular formula is C5H6N6S. The Morgan fingerprint density at radius 2 is 2.42 bits per heavy atom. The third kappa shape index (κ3) is 1.19. The van der Waals surface area contributed by atoms with Crippen LogP contribution < -0.4 is 5.73 Å². The molecule has 2 aromatic rings. The number of rotatable bonds is 2. The van der Waals surface area contributed by atoms with Crippen LogP contribution in [0.15, 0.2) is 6.20 Å². The summed E-state index contributed by atoms with van der Waals surface area (Å²) in [7, 11) is 0. The third-order valence-corrected chi connectivity index (χ3v) is 2.24. The van der Waals surface area contributed by atoms with E-state index in [0.717, 1.165) is 10.0 Å². The van der Waals surface area contributed by atoms with Crippen LogP contribution in [0.1, 0.15) is 5.01 Å². The van der Waals surface area contributed by atoms with Crippen molar-refractivity contribution in [3.8, 4) is 10.7 Å². The van der Waals surface area contributed by atoms with Gasteiger partial charge in [0.2, 0.25) is 0 Å². The van der Waals surface area contributed by atoms with E-state index in [-0.39, 0.29) is 0 Å². The maximum Gasteiger partial charge on any atom is 0.169 e. The lowest BCUT2D eigenvalue weighted by atomic mass is 10.5. The van der Waals surface area contributed by atoms with Gasteiger partial charge in [0.05, 0.1) is 6.20 Å². The van der Waals surface area contributed by atoms with E-state index in [9.17, 15) is 0 Å². The van der Waals surface area contributed by atoms with Gasteiger partial charge in [0, 0.05) is 6.54 Å². The molecule has 0 saturated carbocycles. The van der Waals surface area contributed by atoms with Gasteiger partial charge in [-0.05, 0) is 0 Å². The molecule has 3 N–H and O–H groups in total. The zero-order valence-electron chi connectivity index (χ0n) is 6.06. The summed E-state index contributed by atoms with van der Waals surface area (Å²) >= 11 is 1.42. The second kappa shape index (κ2) is 2.95. The minimum atomic E-state index is 0.412. The fourth-order valence-electron chi connectivity index (χ4n) is 0.744. The van der Waals surface area contributed by atoms with E-state index in [4.69, 9.17) is 5.73 Å². The molecule has 62 valence electrons. The molecule has 0 fully saturated rings. The average molecular weight is 182 g/mol. The Morgan fingerprint density at radius 3 is 3.00 bits per heavy atom. The average Bonchev–Trinajstić information content (AvgIpc) is 2.75. The van der Waals surface area contributed by atoms with Crippen molar-refractivity contribution in [2.45, 2.75) is 6.54 Å². The summed E-state index contributed by atoms with van der Waals surface area (Å²) in [5.74, 6) is 0. The van der Waals surface area contributed by atoms with Gasteiger partial charge in [-0.15, -0.1) is 10.2 Å². The molecule has 2 rings (SSSR count). The van der Waals surface area contributed by atoms with Crippen LogP contribution in [0, 0.1) is 0 Å². The lowest BCUT2D eigenvalue weighted by Gasteiger charge is -1.80. The summed E-state index contributed by atoms with van der Waals surface area (Å²) < 4.78 is 0. The maximum atomic E-state index is 5.38. The van der Waals surface area contributed by atoms with Gasteiger partial charge in [0.25, 0.3) is 0 Å². The number of nitrogens with zero attached hydrogens (tertiary/aromatic N) is 4. The van der Waals surface area contributed by atoms with Crippen molar-refractivity contribution in [1.82, 2.24) is 25.6 Å². The lowest BCUT2D eigenvalue weighted by Crippen LogP contribution is -1.94. The van der Waals surface area contributed by atoms with Crippen molar-refractivity contribution in [3.05, 3.63) is 11.2 Å². The number of nitrogens with one attached hydrogen (secondary N) is 1. The molecule has 0 atom stereocenters. The molecule has 2 heterocycles. The third-order valence-electron chi connectivity index (χ3n) is 1.28. The second-order valence-corrected chi connectivity index (χ2v) is 3.12. The first-order chi connectivity index (χ1) is 5.90. The highest BCUT2D eigenvalue weighted by Gasteiger charge is 2.06. The van der Waals surface area contributed by atoms with Gasteiger partial charge >= 0.3 is 0 Å². The second-order valence-electron chi connectivity index (χ2n) is 2.06. The van der Waals surface area contributed by atoms with E-state index < -0.39 is 0 Å². The molecule has 6 nitrogen and oxygen atoms in total. The van der Waals surface area contributed by atoms with Crippen LogP contribution in [0.4, 0.5) is 0 Å². The number of aromatic nitrogens is 5. The normalized spacial score (nSPS) is 10.4. The molecule has 0 unspecified atom stereocenters. The molecule has 0 amide bonds. The Morgan fingerprint density at radius 1 is 1.50 bits per heavy atom.